The second kappa shape index (κ2) is 4.69. The van der Waals surface area contributed by atoms with Crippen LogP contribution in [0, 0.1) is 4.77 Å². The second-order valence-corrected chi connectivity index (χ2v) is 4.87. The van der Waals surface area contributed by atoms with Crippen LogP contribution in [0.3, 0.4) is 0 Å². The van der Waals surface area contributed by atoms with Gasteiger partial charge in [-0.25, -0.2) is 0 Å². The average Bonchev–Trinajstić information content (AvgIpc) is 2.63. The molecule has 2 aromatic rings. The number of hydrogen-bond acceptors (Lipinski definition) is 2. The van der Waals surface area contributed by atoms with Crippen LogP contribution in [0.2, 0.25) is 5.02 Å². The Hall–Kier alpha value is -0.650. The van der Waals surface area contributed by atoms with E-state index in [9.17, 15) is 0 Å². The van der Waals surface area contributed by atoms with Crippen LogP contribution in [0.25, 0.3) is 11.4 Å². The van der Waals surface area contributed by atoms with E-state index in [1.807, 2.05) is 29.7 Å². The molecule has 0 fully saturated rings. The summed E-state index contributed by atoms with van der Waals surface area (Å²) in [7, 11) is 0. The number of hydrogen-bond donors (Lipinski definition) is 1. The lowest BCUT2D eigenvalue weighted by Gasteiger charge is -2.04. The maximum absolute atomic E-state index is 5.94. The van der Waals surface area contributed by atoms with Gasteiger partial charge in [-0.15, -0.1) is 0 Å². The number of aromatic amines is 1. The summed E-state index contributed by atoms with van der Waals surface area (Å²) in [5.41, 5.74) is 0.977. The van der Waals surface area contributed by atoms with Crippen molar-refractivity contribution in [3.05, 3.63) is 32.5 Å². The molecule has 16 heavy (non-hydrogen) atoms. The van der Waals surface area contributed by atoms with Crippen LogP contribution in [0.15, 0.2) is 22.7 Å². The maximum Gasteiger partial charge on any atom is 0.195 e. The topological polar surface area (TPSA) is 33.6 Å². The quantitative estimate of drug-likeness (QED) is 0.848. The first-order chi connectivity index (χ1) is 7.63. The lowest BCUT2D eigenvalue weighted by molar-refractivity contribution is 0.755. The summed E-state index contributed by atoms with van der Waals surface area (Å²) < 4.78 is 3.41. The Kier molecular flexibility index (Phi) is 3.47. The summed E-state index contributed by atoms with van der Waals surface area (Å²) in [6, 6.07) is 5.68. The second-order valence-electron chi connectivity index (χ2n) is 3.23. The summed E-state index contributed by atoms with van der Waals surface area (Å²) >= 11 is 14.5. The van der Waals surface area contributed by atoms with Crippen molar-refractivity contribution in [2.75, 3.05) is 0 Å². The van der Waals surface area contributed by atoms with Crippen LogP contribution in [0.4, 0.5) is 0 Å². The van der Waals surface area contributed by atoms with Gasteiger partial charge in [0.15, 0.2) is 10.6 Å². The van der Waals surface area contributed by atoms with Crippen molar-refractivity contribution in [2.45, 2.75) is 13.5 Å². The van der Waals surface area contributed by atoms with E-state index < -0.39 is 0 Å². The van der Waals surface area contributed by atoms with E-state index in [0.29, 0.717) is 9.79 Å². The Morgan fingerprint density at radius 2 is 2.31 bits per heavy atom. The molecule has 0 amide bonds. The van der Waals surface area contributed by atoms with Crippen molar-refractivity contribution < 1.29 is 0 Å². The molecule has 1 aromatic heterocycles. The van der Waals surface area contributed by atoms with Crippen molar-refractivity contribution in [3.63, 3.8) is 0 Å². The molecule has 0 saturated carbocycles. The zero-order valence-electron chi connectivity index (χ0n) is 8.50. The third kappa shape index (κ3) is 2.07. The van der Waals surface area contributed by atoms with E-state index in [4.69, 9.17) is 23.8 Å². The van der Waals surface area contributed by atoms with Crippen LogP contribution >= 0.6 is 39.7 Å². The Morgan fingerprint density at radius 3 is 2.94 bits per heavy atom. The van der Waals surface area contributed by atoms with Gasteiger partial charge in [0.2, 0.25) is 0 Å². The highest BCUT2D eigenvalue weighted by Crippen LogP contribution is 2.27. The first-order valence-electron chi connectivity index (χ1n) is 4.74. The molecule has 1 aromatic carbocycles. The Morgan fingerprint density at radius 1 is 1.56 bits per heavy atom. The number of benzene rings is 1. The van der Waals surface area contributed by atoms with Gasteiger partial charge in [0.25, 0.3) is 0 Å². The number of H-pyrrole nitrogens is 1. The van der Waals surface area contributed by atoms with E-state index in [1.165, 1.54) is 0 Å². The fourth-order valence-electron chi connectivity index (χ4n) is 1.47. The lowest BCUT2D eigenvalue weighted by Crippen LogP contribution is -1.97. The number of nitrogens with one attached hydrogen (secondary N) is 1. The molecule has 0 aliphatic carbocycles. The molecule has 0 aliphatic heterocycles. The minimum absolute atomic E-state index is 0.628. The molecule has 0 bridgehead atoms. The van der Waals surface area contributed by atoms with Gasteiger partial charge in [-0.2, -0.15) is 5.10 Å². The molecule has 2 rings (SSSR count). The predicted molar refractivity (Wildman–Crippen MR) is 71.2 cm³/mol. The van der Waals surface area contributed by atoms with Crippen molar-refractivity contribution in [1.29, 1.82) is 0 Å². The van der Waals surface area contributed by atoms with Gasteiger partial charge >= 0.3 is 0 Å². The van der Waals surface area contributed by atoms with Gasteiger partial charge in [0.1, 0.15) is 0 Å². The summed E-state index contributed by atoms with van der Waals surface area (Å²) in [5.74, 6) is 0.824. The monoisotopic (exact) mass is 317 g/mol. The molecule has 0 spiro atoms. The zero-order valence-corrected chi connectivity index (χ0v) is 11.7. The van der Waals surface area contributed by atoms with Crippen LogP contribution in [0.1, 0.15) is 6.92 Å². The van der Waals surface area contributed by atoms with E-state index in [0.717, 1.165) is 22.4 Å². The largest absolute Gasteiger partial charge is 0.300 e. The summed E-state index contributed by atoms with van der Waals surface area (Å²) in [5, 5.41) is 7.68. The van der Waals surface area contributed by atoms with Gasteiger partial charge in [-0.1, -0.05) is 11.6 Å². The van der Waals surface area contributed by atoms with Crippen LogP contribution in [-0.4, -0.2) is 14.8 Å². The highest BCUT2D eigenvalue weighted by Gasteiger charge is 2.08. The molecule has 0 atom stereocenters. The Labute approximate surface area is 112 Å². The average molecular weight is 319 g/mol. The van der Waals surface area contributed by atoms with E-state index in [-0.39, 0.29) is 0 Å². The van der Waals surface area contributed by atoms with Gasteiger partial charge in [-0.3, -0.25) is 5.10 Å². The van der Waals surface area contributed by atoms with Gasteiger partial charge in [0, 0.05) is 16.6 Å². The lowest BCUT2D eigenvalue weighted by atomic mass is 10.2. The molecular weight excluding hydrogens is 310 g/mol. The van der Waals surface area contributed by atoms with Gasteiger partial charge in [0.05, 0.1) is 5.02 Å². The van der Waals surface area contributed by atoms with Gasteiger partial charge < -0.3 is 4.57 Å². The van der Waals surface area contributed by atoms with Crippen molar-refractivity contribution >= 4 is 39.7 Å². The summed E-state index contributed by atoms with van der Waals surface area (Å²) in [6.07, 6.45) is 0. The van der Waals surface area contributed by atoms with E-state index >= 15 is 0 Å². The molecule has 0 saturated heterocycles. The highest BCUT2D eigenvalue weighted by molar-refractivity contribution is 9.10. The zero-order chi connectivity index (χ0) is 11.7. The fourth-order valence-corrected chi connectivity index (χ4v) is 2.22. The van der Waals surface area contributed by atoms with E-state index in [2.05, 4.69) is 26.1 Å². The smallest absolute Gasteiger partial charge is 0.195 e. The van der Waals surface area contributed by atoms with Crippen LogP contribution in [-0.2, 0) is 6.54 Å². The van der Waals surface area contributed by atoms with Gasteiger partial charge in [-0.05, 0) is 53.3 Å². The molecule has 1 heterocycles. The van der Waals surface area contributed by atoms with Crippen molar-refractivity contribution in [3.8, 4) is 11.4 Å². The summed E-state index contributed by atoms with van der Waals surface area (Å²) in [4.78, 5) is 0. The first kappa shape index (κ1) is 11.8. The Bertz CT molecular complexity index is 576. The third-order valence-electron chi connectivity index (χ3n) is 2.25. The van der Waals surface area contributed by atoms with Crippen LogP contribution < -0.4 is 0 Å². The molecule has 0 unspecified atom stereocenters. The minimum Gasteiger partial charge on any atom is -0.300 e. The van der Waals surface area contributed by atoms with Crippen molar-refractivity contribution in [1.82, 2.24) is 14.8 Å². The molecule has 6 heteroatoms. The molecule has 1 N–H and O–H groups in total. The maximum atomic E-state index is 5.94. The SMILES string of the molecule is CCn1c(-c2ccc(Cl)c(Br)c2)n[nH]c1=S. The number of rotatable bonds is 2. The molecule has 3 nitrogen and oxygen atoms in total. The molecule has 0 radical (unpaired) electrons. The van der Waals surface area contributed by atoms with E-state index in [1.54, 1.807) is 0 Å². The fraction of sp³-hybridized carbons (Fsp3) is 0.200. The highest BCUT2D eigenvalue weighted by atomic mass is 79.9. The third-order valence-corrected chi connectivity index (χ3v) is 3.78. The number of halogens is 2. The molecular formula is C10H9BrClN3S. The Balaban J connectivity index is 2.58. The normalized spacial score (nSPS) is 10.7. The standard InChI is InChI=1S/C10H9BrClN3S/c1-2-15-9(13-14-10(15)16)6-3-4-8(12)7(11)5-6/h3-5H,2H2,1H3,(H,14,16). The number of nitrogens with zero attached hydrogens (tertiary/aromatic N) is 2. The predicted octanol–water partition coefficient (Wildman–Crippen LogP) is 4.04. The van der Waals surface area contributed by atoms with Crippen molar-refractivity contribution in [2.24, 2.45) is 0 Å². The minimum atomic E-state index is 0.628. The van der Waals surface area contributed by atoms with Crippen LogP contribution in [0.5, 0.6) is 0 Å². The number of aromatic nitrogens is 3. The molecule has 84 valence electrons. The summed E-state index contributed by atoms with van der Waals surface area (Å²) in [6.45, 7) is 2.81. The first-order valence-corrected chi connectivity index (χ1v) is 6.32. The molecule has 0 aliphatic rings.